The SMILES string of the molecule is COc1cc2c(c(Oc3c4c(cc(OC)c3OC)CCN(C)C4)c1)C(=O)N(C)CC2. The summed E-state index contributed by atoms with van der Waals surface area (Å²) in [6.45, 7) is 2.35. The van der Waals surface area contributed by atoms with Gasteiger partial charge in [-0.25, -0.2) is 0 Å². The third-order valence-corrected chi connectivity index (χ3v) is 5.89. The van der Waals surface area contributed by atoms with Crippen LogP contribution in [0.5, 0.6) is 28.7 Å². The second-order valence-electron chi connectivity index (χ2n) is 7.81. The minimum absolute atomic E-state index is 0.0539. The molecule has 0 N–H and O–H groups in total. The third kappa shape index (κ3) is 3.43. The maximum absolute atomic E-state index is 13.0. The molecule has 2 aromatic carbocycles. The first-order valence-electron chi connectivity index (χ1n) is 10.1. The van der Waals surface area contributed by atoms with Gasteiger partial charge in [0.15, 0.2) is 11.5 Å². The first kappa shape index (κ1) is 20.3. The molecule has 7 nitrogen and oxygen atoms in total. The lowest BCUT2D eigenvalue weighted by molar-refractivity contribution is 0.0777. The van der Waals surface area contributed by atoms with Crippen LogP contribution in [0.2, 0.25) is 0 Å². The lowest BCUT2D eigenvalue weighted by Gasteiger charge is -2.30. The minimum atomic E-state index is -0.0539. The Morgan fingerprint density at radius 2 is 1.60 bits per heavy atom. The van der Waals surface area contributed by atoms with Crippen molar-refractivity contribution in [3.63, 3.8) is 0 Å². The van der Waals surface area contributed by atoms with Crippen LogP contribution in [0, 0.1) is 0 Å². The number of rotatable bonds is 5. The van der Waals surface area contributed by atoms with E-state index in [9.17, 15) is 4.79 Å². The summed E-state index contributed by atoms with van der Waals surface area (Å²) in [7, 11) is 8.72. The van der Waals surface area contributed by atoms with Gasteiger partial charge in [-0.05, 0) is 43.1 Å². The van der Waals surface area contributed by atoms with Gasteiger partial charge >= 0.3 is 0 Å². The number of benzene rings is 2. The smallest absolute Gasteiger partial charge is 0.257 e. The van der Waals surface area contributed by atoms with Crippen LogP contribution >= 0.6 is 0 Å². The van der Waals surface area contributed by atoms with E-state index >= 15 is 0 Å². The zero-order chi connectivity index (χ0) is 21.4. The molecule has 0 spiro atoms. The summed E-state index contributed by atoms with van der Waals surface area (Å²) in [6.07, 6.45) is 1.64. The van der Waals surface area contributed by atoms with Crippen molar-refractivity contribution in [1.29, 1.82) is 0 Å². The van der Waals surface area contributed by atoms with Crippen molar-refractivity contribution in [3.05, 3.63) is 40.5 Å². The molecular weight excluding hydrogens is 384 g/mol. The van der Waals surface area contributed by atoms with Crippen LogP contribution in [0.3, 0.4) is 0 Å². The highest BCUT2D eigenvalue weighted by Gasteiger charge is 2.30. The van der Waals surface area contributed by atoms with E-state index in [2.05, 4.69) is 11.9 Å². The molecule has 0 saturated carbocycles. The summed E-state index contributed by atoms with van der Waals surface area (Å²) < 4.78 is 23.3. The quantitative estimate of drug-likeness (QED) is 0.752. The Hall–Kier alpha value is -2.93. The van der Waals surface area contributed by atoms with E-state index in [1.54, 1.807) is 32.3 Å². The van der Waals surface area contributed by atoms with E-state index in [4.69, 9.17) is 18.9 Å². The molecule has 2 aliphatic rings. The number of carbonyl (C=O) groups is 1. The van der Waals surface area contributed by atoms with Crippen molar-refractivity contribution >= 4 is 5.91 Å². The number of nitrogens with zero attached hydrogens (tertiary/aromatic N) is 2. The maximum atomic E-state index is 13.0. The van der Waals surface area contributed by atoms with Crippen LogP contribution < -0.4 is 18.9 Å². The molecule has 30 heavy (non-hydrogen) atoms. The molecule has 0 saturated heterocycles. The number of hydrogen-bond acceptors (Lipinski definition) is 6. The Labute approximate surface area is 177 Å². The Bertz CT molecular complexity index is 988. The van der Waals surface area contributed by atoms with Crippen LogP contribution in [0.4, 0.5) is 0 Å². The normalized spacial score (nSPS) is 16.0. The number of methoxy groups -OCH3 is 3. The molecule has 2 aromatic rings. The van der Waals surface area contributed by atoms with Gasteiger partial charge in [-0.2, -0.15) is 0 Å². The number of amides is 1. The monoisotopic (exact) mass is 412 g/mol. The number of likely N-dealkylation sites (N-methyl/N-ethyl adjacent to an activating group) is 2. The summed E-state index contributed by atoms with van der Waals surface area (Å²) in [5.41, 5.74) is 3.73. The van der Waals surface area contributed by atoms with Gasteiger partial charge in [-0.1, -0.05) is 0 Å². The van der Waals surface area contributed by atoms with Gasteiger partial charge in [0, 0.05) is 38.3 Å². The van der Waals surface area contributed by atoms with Crippen molar-refractivity contribution in [3.8, 4) is 28.7 Å². The van der Waals surface area contributed by atoms with Gasteiger partial charge in [0.25, 0.3) is 5.91 Å². The number of fused-ring (bicyclic) bond motifs is 2. The lowest BCUT2D eigenvalue weighted by Crippen LogP contribution is -2.34. The molecule has 160 valence electrons. The average Bonchev–Trinajstić information content (AvgIpc) is 2.75. The highest BCUT2D eigenvalue weighted by Crippen LogP contribution is 2.47. The summed E-state index contributed by atoms with van der Waals surface area (Å²) >= 11 is 0. The Morgan fingerprint density at radius 3 is 2.30 bits per heavy atom. The van der Waals surface area contributed by atoms with Gasteiger partial charge in [-0.15, -0.1) is 0 Å². The molecule has 2 aliphatic heterocycles. The molecular formula is C23H28N2O5. The molecule has 0 radical (unpaired) electrons. The van der Waals surface area contributed by atoms with Crippen molar-refractivity contribution in [2.24, 2.45) is 0 Å². The average molecular weight is 412 g/mol. The summed E-state index contributed by atoms with van der Waals surface area (Å²) in [6, 6.07) is 5.71. The number of carbonyl (C=O) groups excluding carboxylic acids is 1. The highest BCUT2D eigenvalue weighted by atomic mass is 16.5. The van der Waals surface area contributed by atoms with Gasteiger partial charge < -0.3 is 28.7 Å². The van der Waals surface area contributed by atoms with Crippen LogP contribution in [-0.2, 0) is 19.4 Å². The second kappa shape index (κ2) is 8.07. The zero-order valence-corrected chi connectivity index (χ0v) is 18.2. The van der Waals surface area contributed by atoms with Crippen molar-refractivity contribution in [2.45, 2.75) is 19.4 Å². The Morgan fingerprint density at radius 1 is 0.833 bits per heavy atom. The standard InChI is InChI=1S/C23H28N2O5/c1-24-8-6-14-11-19(28-4)22(29-5)21(17(14)13-24)30-18-12-16(27-3)10-15-7-9-25(2)23(26)20(15)18/h10-12H,6-9,13H2,1-5H3. The van der Waals surface area contributed by atoms with E-state index in [0.717, 1.165) is 37.1 Å². The molecule has 1 amide bonds. The summed E-state index contributed by atoms with van der Waals surface area (Å²) in [4.78, 5) is 16.9. The molecule has 0 atom stereocenters. The largest absolute Gasteiger partial charge is 0.497 e. The maximum Gasteiger partial charge on any atom is 0.257 e. The fraction of sp³-hybridized carbons (Fsp3) is 0.435. The van der Waals surface area contributed by atoms with Gasteiger partial charge in [0.1, 0.15) is 11.5 Å². The van der Waals surface area contributed by atoms with E-state index in [1.807, 2.05) is 19.2 Å². The second-order valence-corrected chi connectivity index (χ2v) is 7.81. The molecule has 0 aromatic heterocycles. The molecule has 0 bridgehead atoms. The zero-order valence-electron chi connectivity index (χ0n) is 18.2. The van der Waals surface area contributed by atoms with E-state index in [1.165, 1.54) is 5.56 Å². The molecule has 0 unspecified atom stereocenters. The molecule has 2 heterocycles. The number of hydrogen-bond donors (Lipinski definition) is 0. The number of ether oxygens (including phenoxy) is 4. The minimum Gasteiger partial charge on any atom is -0.497 e. The highest BCUT2D eigenvalue weighted by molar-refractivity contribution is 5.99. The van der Waals surface area contributed by atoms with Crippen LogP contribution in [0.25, 0.3) is 0 Å². The predicted molar refractivity (Wildman–Crippen MR) is 113 cm³/mol. The van der Waals surface area contributed by atoms with Crippen LogP contribution in [0.1, 0.15) is 27.0 Å². The van der Waals surface area contributed by atoms with E-state index < -0.39 is 0 Å². The van der Waals surface area contributed by atoms with Crippen LogP contribution in [0.15, 0.2) is 18.2 Å². The van der Waals surface area contributed by atoms with Gasteiger partial charge in [0.05, 0.1) is 26.9 Å². The van der Waals surface area contributed by atoms with Crippen molar-refractivity contribution < 1.29 is 23.7 Å². The van der Waals surface area contributed by atoms with E-state index in [0.29, 0.717) is 40.9 Å². The van der Waals surface area contributed by atoms with Gasteiger partial charge in [0.2, 0.25) is 5.75 Å². The first-order valence-corrected chi connectivity index (χ1v) is 10.1. The molecule has 0 aliphatic carbocycles. The van der Waals surface area contributed by atoms with E-state index in [-0.39, 0.29) is 5.91 Å². The van der Waals surface area contributed by atoms with Crippen molar-refractivity contribution in [1.82, 2.24) is 9.80 Å². The summed E-state index contributed by atoms with van der Waals surface area (Å²) in [5.74, 6) is 2.82. The lowest BCUT2D eigenvalue weighted by atomic mass is 9.96. The Balaban J connectivity index is 1.90. The van der Waals surface area contributed by atoms with Gasteiger partial charge in [-0.3, -0.25) is 4.79 Å². The van der Waals surface area contributed by atoms with Crippen molar-refractivity contribution in [2.75, 3.05) is 48.5 Å². The summed E-state index contributed by atoms with van der Waals surface area (Å²) in [5, 5.41) is 0. The Kier molecular flexibility index (Phi) is 5.47. The third-order valence-electron chi connectivity index (χ3n) is 5.89. The predicted octanol–water partition coefficient (Wildman–Crippen LogP) is 3.12. The first-order chi connectivity index (χ1) is 14.5. The molecule has 0 fully saturated rings. The topological polar surface area (TPSA) is 60.5 Å². The fourth-order valence-corrected chi connectivity index (χ4v) is 4.19. The molecule has 4 rings (SSSR count). The van der Waals surface area contributed by atoms with Crippen LogP contribution in [-0.4, -0.2) is 64.2 Å². The molecule has 7 heteroatoms. The fourth-order valence-electron chi connectivity index (χ4n) is 4.19.